The Hall–Kier alpha value is -0.690. The Morgan fingerprint density at radius 3 is 2.90 bits per heavy atom. The van der Waals surface area contributed by atoms with E-state index in [1.54, 1.807) is 18.2 Å². The van der Waals surface area contributed by atoms with Crippen LogP contribution >= 0.6 is 43.9 Å². The summed E-state index contributed by atoms with van der Waals surface area (Å²) in [6.07, 6.45) is 0.356. The summed E-state index contributed by atoms with van der Waals surface area (Å²) in [6, 6.07) is 5.13. The van der Waals surface area contributed by atoms with E-state index in [1.165, 1.54) is 0 Å². The molecule has 0 saturated carbocycles. The van der Waals surface area contributed by atoms with Crippen molar-refractivity contribution in [1.29, 1.82) is 0 Å². The molecule has 0 radical (unpaired) electrons. The Morgan fingerprint density at radius 2 is 2.24 bits per heavy atom. The molecular weight excluding hydrogens is 356 g/mol. The molecule has 6 nitrogen and oxygen atoms in total. The molecule has 112 valence electrons. The van der Waals surface area contributed by atoms with Gasteiger partial charge in [-0.2, -0.15) is 4.98 Å². The average Bonchev–Trinajstić information content (AvgIpc) is 2.90. The van der Waals surface area contributed by atoms with Crippen molar-refractivity contribution in [2.75, 3.05) is 6.73 Å². The second-order valence-electron chi connectivity index (χ2n) is 3.92. The van der Waals surface area contributed by atoms with E-state index >= 15 is 0 Å². The summed E-state index contributed by atoms with van der Waals surface area (Å²) in [7, 11) is -2.13. The number of benzene rings is 1. The molecule has 0 aliphatic heterocycles. The molecule has 0 amide bonds. The van der Waals surface area contributed by atoms with Crippen LogP contribution in [0.2, 0.25) is 10.0 Å². The van der Waals surface area contributed by atoms with Crippen molar-refractivity contribution < 1.29 is 13.6 Å². The van der Waals surface area contributed by atoms with Gasteiger partial charge in [-0.05, 0) is 22.3 Å². The second-order valence-corrected chi connectivity index (χ2v) is 7.03. The number of rotatable bonds is 6. The monoisotopic (exact) mass is 366 g/mol. The molecule has 0 fully saturated rings. The highest BCUT2D eigenvalue weighted by Gasteiger charge is 2.36. The van der Waals surface area contributed by atoms with Crippen LogP contribution in [0.4, 0.5) is 0 Å². The maximum absolute atomic E-state index is 11.6. The van der Waals surface area contributed by atoms with Crippen LogP contribution in [0.15, 0.2) is 22.7 Å². The maximum Gasteiger partial charge on any atom is 0.533 e. The largest absolute Gasteiger partial charge is 0.533 e. The number of thiol groups is 1. The Bertz CT molecular complexity index is 655. The quantitative estimate of drug-likeness (QED) is 0.461. The highest BCUT2D eigenvalue weighted by Crippen LogP contribution is 2.43. The zero-order valence-corrected chi connectivity index (χ0v) is 13.9. The van der Waals surface area contributed by atoms with Crippen molar-refractivity contribution in [1.82, 2.24) is 10.1 Å². The molecule has 1 heterocycles. The van der Waals surface area contributed by atoms with Gasteiger partial charge in [0.15, 0.2) is 12.6 Å². The summed E-state index contributed by atoms with van der Waals surface area (Å²) in [5.74, 6) is 0.498. The number of hydrogen-bond donors (Lipinski definition) is 2. The molecule has 2 N–H and O–H groups in total. The summed E-state index contributed by atoms with van der Waals surface area (Å²) in [6.45, 7) is -0.173. The molecule has 0 aliphatic rings. The van der Waals surface area contributed by atoms with Crippen LogP contribution in [-0.2, 0) is 15.5 Å². The minimum absolute atomic E-state index is 0.105. The molecule has 2 atom stereocenters. The van der Waals surface area contributed by atoms with Crippen LogP contribution in [0, 0.1) is 0 Å². The predicted molar refractivity (Wildman–Crippen MR) is 83.0 cm³/mol. The van der Waals surface area contributed by atoms with Gasteiger partial charge in [0.25, 0.3) is 5.89 Å². The summed E-state index contributed by atoms with van der Waals surface area (Å²) < 4.78 is 21.4. The molecule has 1 aromatic heterocycles. The van der Waals surface area contributed by atoms with Gasteiger partial charge < -0.3 is 10.3 Å². The number of aromatic nitrogens is 2. The molecule has 2 aromatic rings. The summed E-state index contributed by atoms with van der Waals surface area (Å²) in [5, 5.41) is 4.85. The standard InChI is InChI=1S/C11H10Cl2N3O3PS/c12-7-2-1-6(8(13)4-7)3-9-15-10(19-16-9)11(21)20(17)18-5-14/h1-2,4,11H,3,5,14H2/p+1. The van der Waals surface area contributed by atoms with Gasteiger partial charge in [0, 0.05) is 16.5 Å². The van der Waals surface area contributed by atoms with E-state index in [2.05, 4.69) is 22.8 Å². The first-order valence-electron chi connectivity index (χ1n) is 5.75. The minimum atomic E-state index is -2.13. The molecule has 1 aromatic carbocycles. The maximum atomic E-state index is 11.6. The Labute approximate surface area is 137 Å². The lowest BCUT2D eigenvalue weighted by Crippen LogP contribution is -2.00. The lowest BCUT2D eigenvalue weighted by molar-refractivity contribution is 0.330. The third-order valence-corrected chi connectivity index (χ3v) is 4.87. The average molecular weight is 367 g/mol. The summed E-state index contributed by atoms with van der Waals surface area (Å²) in [4.78, 5) is 3.29. The van der Waals surface area contributed by atoms with Crippen molar-refractivity contribution >= 4 is 43.9 Å². The van der Waals surface area contributed by atoms with Crippen LogP contribution in [0.25, 0.3) is 0 Å². The van der Waals surface area contributed by atoms with Gasteiger partial charge in [0.1, 0.15) is 0 Å². The molecule has 21 heavy (non-hydrogen) atoms. The minimum Gasteiger partial charge on any atom is -0.333 e. The summed E-state index contributed by atoms with van der Waals surface area (Å²) >= 11 is 16.0. The van der Waals surface area contributed by atoms with E-state index in [0.29, 0.717) is 22.3 Å². The van der Waals surface area contributed by atoms with Gasteiger partial charge >= 0.3 is 13.0 Å². The first kappa shape index (κ1) is 16.7. The van der Waals surface area contributed by atoms with Gasteiger partial charge in [-0.25, -0.2) is 0 Å². The predicted octanol–water partition coefficient (Wildman–Crippen LogP) is 3.57. The van der Waals surface area contributed by atoms with Crippen LogP contribution in [0.3, 0.4) is 0 Å². The van der Waals surface area contributed by atoms with Crippen LogP contribution < -0.4 is 5.73 Å². The van der Waals surface area contributed by atoms with Crippen LogP contribution in [0.1, 0.15) is 22.3 Å². The number of hydrogen-bond acceptors (Lipinski definition) is 7. The third-order valence-electron chi connectivity index (χ3n) is 2.47. The number of nitrogens with zero attached hydrogens (tertiary/aromatic N) is 2. The highest BCUT2D eigenvalue weighted by atomic mass is 35.5. The molecule has 0 bridgehead atoms. The van der Waals surface area contributed by atoms with Crippen LogP contribution in [-0.4, -0.2) is 16.9 Å². The highest BCUT2D eigenvalue weighted by molar-refractivity contribution is 7.87. The topological polar surface area (TPSA) is 91.2 Å². The Balaban J connectivity index is 2.11. The number of nitrogens with two attached hydrogens (primary N) is 1. The Kier molecular flexibility index (Phi) is 5.98. The zero-order chi connectivity index (χ0) is 15.4. The molecular formula is C11H11Cl2N3O3PS+. The molecule has 0 spiro atoms. The molecule has 0 aliphatic carbocycles. The smallest absolute Gasteiger partial charge is 0.333 e. The van der Waals surface area contributed by atoms with Gasteiger partial charge in [-0.15, -0.1) is 17.2 Å². The van der Waals surface area contributed by atoms with E-state index in [9.17, 15) is 4.57 Å². The van der Waals surface area contributed by atoms with Crippen molar-refractivity contribution in [2.24, 2.45) is 5.73 Å². The molecule has 2 unspecified atom stereocenters. The van der Waals surface area contributed by atoms with Crippen molar-refractivity contribution in [3.05, 3.63) is 45.5 Å². The fourth-order valence-electron chi connectivity index (χ4n) is 1.51. The molecule has 0 saturated heterocycles. The van der Waals surface area contributed by atoms with Crippen LogP contribution in [0.5, 0.6) is 0 Å². The fourth-order valence-corrected chi connectivity index (χ4v) is 2.87. The third kappa shape index (κ3) is 4.39. The van der Waals surface area contributed by atoms with Crippen molar-refractivity contribution in [3.8, 4) is 0 Å². The van der Waals surface area contributed by atoms with E-state index in [1.807, 2.05) is 0 Å². The van der Waals surface area contributed by atoms with E-state index < -0.39 is 13.0 Å². The zero-order valence-electron chi connectivity index (χ0n) is 10.6. The fraction of sp³-hybridized carbons (Fsp3) is 0.273. The van der Waals surface area contributed by atoms with E-state index in [4.69, 9.17) is 38.0 Å². The van der Waals surface area contributed by atoms with Gasteiger partial charge in [-0.1, -0.05) is 34.4 Å². The van der Waals surface area contributed by atoms with E-state index in [0.717, 1.165) is 5.56 Å². The molecule has 2 rings (SSSR count). The lowest BCUT2D eigenvalue weighted by atomic mass is 10.1. The second kappa shape index (κ2) is 7.54. The number of halogens is 2. The SMILES string of the molecule is NCO[P+](=O)C(S)c1nc(Cc2ccc(Cl)cc2Cl)no1. The molecule has 10 heteroatoms. The summed E-state index contributed by atoms with van der Waals surface area (Å²) in [5.41, 5.74) is 5.95. The van der Waals surface area contributed by atoms with Gasteiger partial charge in [0.2, 0.25) is 0 Å². The van der Waals surface area contributed by atoms with Crippen molar-refractivity contribution in [3.63, 3.8) is 0 Å². The Morgan fingerprint density at radius 1 is 1.48 bits per heavy atom. The van der Waals surface area contributed by atoms with Gasteiger partial charge in [-0.3, -0.25) is 0 Å². The first-order valence-corrected chi connectivity index (χ1v) is 8.27. The van der Waals surface area contributed by atoms with Crippen molar-refractivity contribution in [2.45, 2.75) is 11.4 Å². The van der Waals surface area contributed by atoms with Gasteiger partial charge in [0.05, 0.1) is 0 Å². The first-order chi connectivity index (χ1) is 10.0. The van der Waals surface area contributed by atoms with E-state index in [-0.39, 0.29) is 12.6 Å². The normalized spacial score (nSPS) is 13.2. The lowest BCUT2D eigenvalue weighted by Gasteiger charge is -2.00.